The summed E-state index contributed by atoms with van der Waals surface area (Å²) >= 11 is 0. The van der Waals surface area contributed by atoms with Crippen LogP contribution in [0.25, 0.3) is 0 Å². The summed E-state index contributed by atoms with van der Waals surface area (Å²) in [6.45, 7) is 0.862. The summed E-state index contributed by atoms with van der Waals surface area (Å²) in [7, 11) is 0. The minimum absolute atomic E-state index is 0.0207. The van der Waals surface area contributed by atoms with Crippen molar-refractivity contribution >= 4 is 0 Å². The Hall–Kier alpha value is -0.160. The molecule has 2 atom stereocenters. The molecule has 0 aromatic rings. The van der Waals surface area contributed by atoms with Crippen LogP contribution in [-0.2, 0) is 18.9 Å². The van der Waals surface area contributed by atoms with Crippen molar-refractivity contribution in [2.45, 2.75) is 81.3 Å². The highest BCUT2D eigenvalue weighted by molar-refractivity contribution is 5.21. The fraction of sp³-hybridized carbons (Fsp3) is 1.00. The number of rotatable bonds is 1. The third kappa shape index (κ3) is 1.54. The molecule has 2 unspecified atom stereocenters. The van der Waals surface area contributed by atoms with Crippen molar-refractivity contribution in [2.24, 2.45) is 5.92 Å². The van der Waals surface area contributed by atoms with Crippen LogP contribution in [0.5, 0.6) is 0 Å². The van der Waals surface area contributed by atoms with Gasteiger partial charge in [-0.2, -0.15) is 0 Å². The molecule has 5 aliphatic rings. The molecule has 0 aromatic heterocycles. The van der Waals surface area contributed by atoms with E-state index in [0.717, 1.165) is 32.3 Å². The summed E-state index contributed by atoms with van der Waals surface area (Å²) in [5.41, 5.74) is 0.127. The van der Waals surface area contributed by atoms with Crippen molar-refractivity contribution in [1.29, 1.82) is 0 Å². The Labute approximate surface area is 113 Å². The van der Waals surface area contributed by atoms with E-state index < -0.39 is 0 Å². The molecule has 5 fully saturated rings. The van der Waals surface area contributed by atoms with Gasteiger partial charge in [0.2, 0.25) is 11.6 Å². The zero-order valence-corrected chi connectivity index (χ0v) is 11.4. The Morgan fingerprint density at radius 2 is 1.68 bits per heavy atom. The Bertz CT molecular complexity index is 389. The van der Waals surface area contributed by atoms with E-state index in [-0.39, 0.29) is 23.5 Å². The molecule has 3 saturated heterocycles. The Kier molecular flexibility index (Phi) is 2.14. The molecule has 4 heteroatoms. The zero-order chi connectivity index (χ0) is 12.6. The van der Waals surface area contributed by atoms with Crippen molar-refractivity contribution < 1.29 is 18.9 Å². The first-order valence-corrected chi connectivity index (χ1v) is 7.95. The van der Waals surface area contributed by atoms with Crippen molar-refractivity contribution in [2.75, 3.05) is 6.61 Å². The lowest BCUT2D eigenvalue weighted by atomic mass is 9.81. The zero-order valence-electron chi connectivity index (χ0n) is 11.4. The van der Waals surface area contributed by atoms with Gasteiger partial charge >= 0.3 is 0 Å². The van der Waals surface area contributed by atoms with Crippen molar-refractivity contribution in [3.63, 3.8) is 0 Å². The summed E-state index contributed by atoms with van der Waals surface area (Å²) in [4.78, 5) is 0. The van der Waals surface area contributed by atoms with Crippen LogP contribution in [0.2, 0.25) is 0 Å². The first-order chi connectivity index (χ1) is 9.25. The topological polar surface area (TPSA) is 43.5 Å². The molecule has 106 valence electrons. The van der Waals surface area contributed by atoms with Gasteiger partial charge in [-0.05, 0) is 25.7 Å². The Balaban J connectivity index is 1.29. The maximum absolute atomic E-state index is 6.45. The smallest absolute Gasteiger partial charge is 0.229 e. The van der Waals surface area contributed by atoms with E-state index in [0.29, 0.717) is 5.92 Å². The van der Waals surface area contributed by atoms with Crippen LogP contribution < -0.4 is 0 Å². The highest BCUT2D eigenvalue weighted by Crippen LogP contribution is 2.75. The lowest BCUT2D eigenvalue weighted by Crippen LogP contribution is -2.48. The molecule has 2 saturated carbocycles. The molecule has 1 spiro atoms. The molecule has 4 nitrogen and oxygen atoms in total. The molecule has 0 N–H and O–H groups in total. The molecule has 3 heterocycles. The van der Waals surface area contributed by atoms with Crippen molar-refractivity contribution in [1.82, 2.24) is 0 Å². The van der Waals surface area contributed by atoms with Crippen LogP contribution in [0.4, 0.5) is 0 Å². The second-order valence-corrected chi connectivity index (χ2v) is 7.06. The predicted octanol–water partition coefficient (Wildman–Crippen LogP) is 2.71. The van der Waals surface area contributed by atoms with Gasteiger partial charge in [0.1, 0.15) is 0 Å². The van der Waals surface area contributed by atoms with Gasteiger partial charge in [0.05, 0.1) is 12.2 Å². The molecular formula is C15H22O4. The van der Waals surface area contributed by atoms with E-state index in [2.05, 4.69) is 0 Å². The normalized spacial score (nSPS) is 54.3. The Morgan fingerprint density at radius 3 is 2.47 bits per heavy atom. The average molecular weight is 266 g/mol. The number of epoxide rings is 2. The second kappa shape index (κ2) is 3.53. The minimum atomic E-state index is -0.209. The molecule has 0 bridgehead atoms. The molecule has 2 aliphatic carbocycles. The standard InChI is InChI=1S/C15H22O4/c1-2-5-13(6-3-1)8-9-16-12(17-13)11-4-7-14-15(10-11,18-14)19-14/h11-12H,1-10H2. The van der Waals surface area contributed by atoms with E-state index in [1.807, 2.05) is 0 Å². The lowest BCUT2D eigenvalue weighted by Gasteiger charge is -2.45. The van der Waals surface area contributed by atoms with Gasteiger partial charge in [0, 0.05) is 18.8 Å². The van der Waals surface area contributed by atoms with Gasteiger partial charge in [0.15, 0.2) is 6.29 Å². The third-order valence-electron chi connectivity index (χ3n) is 5.89. The molecular weight excluding hydrogens is 244 g/mol. The SMILES string of the molecule is C1CCC2(CC1)CCOC(C1CCC34OC3(C1)O4)O2. The van der Waals surface area contributed by atoms with Gasteiger partial charge in [0.25, 0.3) is 0 Å². The fourth-order valence-corrected chi connectivity index (χ4v) is 4.57. The monoisotopic (exact) mass is 266 g/mol. The van der Waals surface area contributed by atoms with Crippen LogP contribution in [-0.4, -0.2) is 30.1 Å². The molecule has 3 aliphatic heterocycles. The second-order valence-electron chi connectivity index (χ2n) is 7.06. The van der Waals surface area contributed by atoms with Gasteiger partial charge in [-0.15, -0.1) is 0 Å². The number of hydrogen-bond donors (Lipinski definition) is 0. The van der Waals surface area contributed by atoms with Crippen LogP contribution in [0.15, 0.2) is 0 Å². The highest BCUT2D eigenvalue weighted by Gasteiger charge is 2.91. The quantitative estimate of drug-likeness (QED) is 0.684. The number of hydrogen-bond acceptors (Lipinski definition) is 4. The average Bonchev–Trinajstić information content (AvgIpc) is 3.25. The maximum Gasteiger partial charge on any atom is 0.229 e. The van der Waals surface area contributed by atoms with Gasteiger partial charge < -0.3 is 18.9 Å². The first-order valence-electron chi connectivity index (χ1n) is 7.95. The summed E-state index contributed by atoms with van der Waals surface area (Å²) < 4.78 is 23.7. The Morgan fingerprint density at radius 1 is 0.842 bits per heavy atom. The molecule has 19 heavy (non-hydrogen) atoms. The van der Waals surface area contributed by atoms with E-state index in [1.165, 1.54) is 32.1 Å². The van der Waals surface area contributed by atoms with Crippen molar-refractivity contribution in [3.05, 3.63) is 0 Å². The lowest BCUT2D eigenvalue weighted by molar-refractivity contribution is -0.286. The number of ether oxygens (including phenoxy) is 4. The first kappa shape index (κ1) is 11.5. The summed E-state index contributed by atoms with van der Waals surface area (Å²) in [5.74, 6) is 0.0952. The van der Waals surface area contributed by atoms with Gasteiger partial charge in [-0.3, -0.25) is 0 Å². The summed E-state index contributed by atoms with van der Waals surface area (Å²) in [6.07, 6.45) is 10.6. The largest absolute Gasteiger partial charge is 0.352 e. The third-order valence-corrected chi connectivity index (χ3v) is 5.89. The maximum atomic E-state index is 6.45. The van der Waals surface area contributed by atoms with Crippen LogP contribution in [0, 0.1) is 5.92 Å². The van der Waals surface area contributed by atoms with Crippen LogP contribution in [0.3, 0.4) is 0 Å². The molecule has 0 radical (unpaired) electrons. The highest BCUT2D eigenvalue weighted by atomic mass is 17.0. The van der Waals surface area contributed by atoms with E-state index in [4.69, 9.17) is 18.9 Å². The summed E-state index contributed by atoms with van der Waals surface area (Å²) in [5, 5.41) is 0. The molecule has 0 amide bonds. The van der Waals surface area contributed by atoms with E-state index in [1.54, 1.807) is 0 Å². The van der Waals surface area contributed by atoms with E-state index in [9.17, 15) is 0 Å². The van der Waals surface area contributed by atoms with Crippen molar-refractivity contribution in [3.8, 4) is 0 Å². The molecule has 0 aromatic carbocycles. The fourth-order valence-electron chi connectivity index (χ4n) is 4.57. The van der Waals surface area contributed by atoms with Crippen LogP contribution in [0.1, 0.15) is 57.8 Å². The molecule has 5 rings (SSSR count). The summed E-state index contributed by atoms with van der Waals surface area (Å²) in [6, 6.07) is 0. The predicted molar refractivity (Wildman–Crippen MR) is 66.2 cm³/mol. The van der Waals surface area contributed by atoms with Gasteiger partial charge in [-0.1, -0.05) is 19.3 Å². The van der Waals surface area contributed by atoms with Gasteiger partial charge in [-0.25, -0.2) is 0 Å². The van der Waals surface area contributed by atoms with Crippen LogP contribution >= 0.6 is 0 Å². The minimum Gasteiger partial charge on any atom is -0.352 e. The van der Waals surface area contributed by atoms with E-state index >= 15 is 0 Å².